The molecule has 0 aliphatic heterocycles. The molecule has 0 saturated heterocycles. The number of aromatic nitrogens is 3. The molecule has 25 heavy (non-hydrogen) atoms. The average Bonchev–Trinajstić information content (AvgIpc) is 3.10. The SMILES string of the molecule is N#Cc1cc(C(=O)NCCc2nc(-c3cccc(Cl)c3)no2)ccn1. The zero-order chi connectivity index (χ0) is 17.6. The van der Waals surface area contributed by atoms with Crippen molar-refractivity contribution in [3.05, 3.63) is 64.8 Å². The highest BCUT2D eigenvalue weighted by Gasteiger charge is 2.10. The van der Waals surface area contributed by atoms with Crippen molar-refractivity contribution in [2.45, 2.75) is 6.42 Å². The van der Waals surface area contributed by atoms with Gasteiger partial charge in [-0.3, -0.25) is 4.79 Å². The zero-order valence-corrected chi connectivity index (χ0v) is 13.7. The van der Waals surface area contributed by atoms with Crippen LogP contribution in [0, 0.1) is 11.3 Å². The third-order valence-corrected chi connectivity index (χ3v) is 3.55. The molecule has 3 aromatic rings. The lowest BCUT2D eigenvalue weighted by atomic mass is 10.2. The van der Waals surface area contributed by atoms with Crippen LogP contribution in [0.15, 0.2) is 47.1 Å². The topological polar surface area (TPSA) is 105 Å². The van der Waals surface area contributed by atoms with Crippen LogP contribution in [0.2, 0.25) is 5.02 Å². The zero-order valence-electron chi connectivity index (χ0n) is 12.9. The lowest BCUT2D eigenvalue weighted by Gasteiger charge is -2.03. The van der Waals surface area contributed by atoms with E-state index >= 15 is 0 Å². The largest absolute Gasteiger partial charge is 0.352 e. The Kier molecular flexibility index (Phi) is 5.02. The van der Waals surface area contributed by atoms with Crippen molar-refractivity contribution in [2.75, 3.05) is 6.54 Å². The molecule has 0 atom stereocenters. The van der Waals surface area contributed by atoms with Gasteiger partial charge in [-0.1, -0.05) is 28.9 Å². The Bertz CT molecular complexity index is 948. The molecule has 0 radical (unpaired) electrons. The molecule has 124 valence electrons. The van der Waals surface area contributed by atoms with E-state index in [9.17, 15) is 4.79 Å². The van der Waals surface area contributed by atoms with Crippen LogP contribution in [0.1, 0.15) is 21.9 Å². The van der Waals surface area contributed by atoms with Gasteiger partial charge in [0, 0.05) is 35.3 Å². The van der Waals surface area contributed by atoms with Gasteiger partial charge in [0.05, 0.1) is 0 Å². The predicted molar refractivity (Wildman–Crippen MR) is 89.7 cm³/mol. The lowest BCUT2D eigenvalue weighted by Crippen LogP contribution is -2.25. The fraction of sp³-hybridized carbons (Fsp3) is 0.118. The summed E-state index contributed by atoms with van der Waals surface area (Å²) < 4.78 is 5.17. The van der Waals surface area contributed by atoms with Crippen molar-refractivity contribution in [3.8, 4) is 17.5 Å². The smallest absolute Gasteiger partial charge is 0.251 e. The highest BCUT2D eigenvalue weighted by atomic mass is 35.5. The molecule has 0 fully saturated rings. The number of hydrogen-bond acceptors (Lipinski definition) is 6. The molecule has 1 aromatic carbocycles. The Morgan fingerprint density at radius 2 is 2.20 bits per heavy atom. The molecule has 2 aromatic heterocycles. The fourth-order valence-electron chi connectivity index (χ4n) is 2.12. The van der Waals surface area contributed by atoms with Gasteiger partial charge < -0.3 is 9.84 Å². The second-order valence-electron chi connectivity index (χ2n) is 5.07. The van der Waals surface area contributed by atoms with E-state index in [0.29, 0.717) is 35.3 Å². The summed E-state index contributed by atoms with van der Waals surface area (Å²) in [4.78, 5) is 20.1. The summed E-state index contributed by atoms with van der Waals surface area (Å²) >= 11 is 5.94. The lowest BCUT2D eigenvalue weighted by molar-refractivity contribution is 0.0953. The van der Waals surface area contributed by atoms with Gasteiger partial charge in [-0.15, -0.1) is 0 Å². The standard InChI is InChI=1S/C17H12ClN5O2/c18-13-3-1-2-11(8-13)16-22-15(25-23-16)5-7-21-17(24)12-4-6-20-14(9-12)10-19/h1-4,6,8-9H,5,7H2,(H,21,24). The Balaban J connectivity index is 1.57. The van der Waals surface area contributed by atoms with Crippen LogP contribution in [-0.4, -0.2) is 27.6 Å². The van der Waals surface area contributed by atoms with Crippen molar-refractivity contribution in [3.63, 3.8) is 0 Å². The molecule has 0 unspecified atom stereocenters. The molecule has 7 nitrogen and oxygen atoms in total. The van der Waals surface area contributed by atoms with Crippen LogP contribution >= 0.6 is 11.6 Å². The second-order valence-corrected chi connectivity index (χ2v) is 5.51. The first kappa shape index (κ1) is 16.6. The van der Waals surface area contributed by atoms with Crippen molar-refractivity contribution >= 4 is 17.5 Å². The fourth-order valence-corrected chi connectivity index (χ4v) is 2.31. The highest BCUT2D eigenvalue weighted by molar-refractivity contribution is 6.30. The number of hydrogen-bond donors (Lipinski definition) is 1. The van der Waals surface area contributed by atoms with E-state index in [0.717, 1.165) is 5.56 Å². The average molecular weight is 354 g/mol. The van der Waals surface area contributed by atoms with E-state index in [4.69, 9.17) is 21.4 Å². The third-order valence-electron chi connectivity index (χ3n) is 3.31. The van der Waals surface area contributed by atoms with Gasteiger partial charge in [0.25, 0.3) is 5.91 Å². The molecule has 1 N–H and O–H groups in total. The normalized spacial score (nSPS) is 10.2. The molecule has 0 aliphatic rings. The van der Waals surface area contributed by atoms with E-state index in [1.165, 1.54) is 12.3 Å². The molecule has 2 heterocycles. The minimum Gasteiger partial charge on any atom is -0.352 e. The van der Waals surface area contributed by atoms with E-state index in [1.54, 1.807) is 24.3 Å². The van der Waals surface area contributed by atoms with Crippen LogP contribution < -0.4 is 5.32 Å². The Morgan fingerprint density at radius 1 is 1.32 bits per heavy atom. The van der Waals surface area contributed by atoms with Crippen LogP contribution in [0.25, 0.3) is 11.4 Å². The molecule has 0 spiro atoms. The van der Waals surface area contributed by atoms with Crippen LogP contribution in [-0.2, 0) is 6.42 Å². The Hall–Kier alpha value is -3.24. The molecular formula is C17H12ClN5O2. The summed E-state index contributed by atoms with van der Waals surface area (Å²) in [5, 5.41) is 16.0. The summed E-state index contributed by atoms with van der Waals surface area (Å²) in [5.41, 5.74) is 1.32. The summed E-state index contributed by atoms with van der Waals surface area (Å²) in [7, 11) is 0. The number of amides is 1. The number of carbonyl (C=O) groups excluding carboxylic acids is 1. The number of nitrogens with zero attached hydrogens (tertiary/aromatic N) is 4. The molecule has 8 heteroatoms. The third kappa shape index (κ3) is 4.19. The maximum Gasteiger partial charge on any atom is 0.251 e. The van der Waals surface area contributed by atoms with Crippen LogP contribution in [0.3, 0.4) is 0 Å². The van der Waals surface area contributed by atoms with Gasteiger partial charge in [0.15, 0.2) is 0 Å². The molecule has 0 saturated carbocycles. The van der Waals surface area contributed by atoms with Gasteiger partial charge in [0.2, 0.25) is 11.7 Å². The van der Waals surface area contributed by atoms with E-state index in [-0.39, 0.29) is 11.6 Å². The van der Waals surface area contributed by atoms with Gasteiger partial charge >= 0.3 is 0 Å². The van der Waals surface area contributed by atoms with Gasteiger partial charge in [0.1, 0.15) is 11.8 Å². The van der Waals surface area contributed by atoms with Gasteiger partial charge in [-0.05, 0) is 24.3 Å². The van der Waals surface area contributed by atoms with Crippen LogP contribution in [0.5, 0.6) is 0 Å². The summed E-state index contributed by atoms with van der Waals surface area (Å²) in [5.74, 6) is 0.549. The summed E-state index contributed by atoms with van der Waals surface area (Å²) in [6.45, 7) is 0.320. The predicted octanol–water partition coefficient (Wildman–Crippen LogP) is 2.63. The summed E-state index contributed by atoms with van der Waals surface area (Å²) in [6, 6.07) is 12.0. The number of halogens is 1. The molecule has 0 aliphatic carbocycles. The maximum absolute atomic E-state index is 12.0. The molecule has 0 bridgehead atoms. The second kappa shape index (κ2) is 7.55. The van der Waals surface area contributed by atoms with Crippen LogP contribution in [0.4, 0.5) is 0 Å². The molecule has 3 rings (SSSR count). The van der Waals surface area contributed by atoms with Gasteiger partial charge in [-0.2, -0.15) is 10.2 Å². The van der Waals surface area contributed by atoms with Crippen molar-refractivity contribution in [1.82, 2.24) is 20.4 Å². The number of rotatable bonds is 5. The molecule has 1 amide bonds. The minimum absolute atomic E-state index is 0.190. The van der Waals surface area contributed by atoms with Crippen molar-refractivity contribution in [1.29, 1.82) is 5.26 Å². The highest BCUT2D eigenvalue weighted by Crippen LogP contribution is 2.19. The number of pyridine rings is 1. The summed E-state index contributed by atoms with van der Waals surface area (Å²) in [6.07, 6.45) is 1.80. The van der Waals surface area contributed by atoms with Crippen molar-refractivity contribution in [2.24, 2.45) is 0 Å². The van der Waals surface area contributed by atoms with Gasteiger partial charge in [-0.25, -0.2) is 4.98 Å². The first-order chi connectivity index (χ1) is 12.2. The quantitative estimate of drug-likeness (QED) is 0.756. The maximum atomic E-state index is 12.0. The van der Waals surface area contributed by atoms with Crippen molar-refractivity contribution < 1.29 is 9.32 Å². The Labute approximate surface area is 148 Å². The molecular weight excluding hydrogens is 342 g/mol. The number of carbonyl (C=O) groups is 1. The first-order valence-electron chi connectivity index (χ1n) is 7.38. The number of nitriles is 1. The number of benzene rings is 1. The minimum atomic E-state index is -0.298. The van der Waals surface area contributed by atoms with E-state index in [2.05, 4.69) is 20.4 Å². The van der Waals surface area contributed by atoms with E-state index < -0.39 is 0 Å². The monoisotopic (exact) mass is 353 g/mol. The van der Waals surface area contributed by atoms with E-state index in [1.807, 2.05) is 12.1 Å². The number of nitrogens with one attached hydrogen (secondary N) is 1. The Morgan fingerprint density at radius 3 is 3.00 bits per heavy atom. The first-order valence-corrected chi connectivity index (χ1v) is 7.76.